The van der Waals surface area contributed by atoms with Crippen molar-refractivity contribution in [2.45, 2.75) is 25.5 Å². The second-order valence-electron chi connectivity index (χ2n) is 4.21. The number of aromatic nitrogens is 3. The summed E-state index contributed by atoms with van der Waals surface area (Å²) < 4.78 is 1.77. The minimum absolute atomic E-state index is 0.316. The normalized spacial score (nSPS) is 19.1. The molecule has 0 fully saturated rings. The zero-order valence-electron chi connectivity index (χ0n) is 9.17. The van der Waals surface area contributed by atoms with Crippen LogP contribution in [0.5, 0.6) is 0 Å². The van der Waals surface area contributed by atoms with Crippen molar-refractivity contribution >= 4 is 11.6 Å². The number of aryl methyl sites for hydroxylation is 1. The minimum atomic E-state index is -0.316. The van der Waals surface area contributed by atoms with Crippen LogP contribution >= 0.6 is 11.6 Å². The highest BCUT2D eigenvalue weighted by molar-refractivity contribution is 6.33. The largest absolute Gasteiger partial charge is 0.391 e. The van der Waals surface area contributed by atoms with Gasteiger partial charge >= 0.3 is 0 Å². The molecule has 0 spiro atoms. The van der Waals surface area contributed by atoms with Crippen LogP contribution in [-0.4, -0.2) is 26.0 Å². The molecular weight excluding hydrogens is 238 g/mol. The van der Waals surface area contributed by atoms with Crippen LogP contribution in [0, 0.1) is 0 Å². The summed E-state index contributed by atoms with van der Waals surface area (Å²) >= 11 is 6.11. The number of nitrogens with zero attached hydrogens (tertiary/aromatic N) is 3. The van der Waals surface area contributed by atoms with Gasteiger partial charge in [-0.3, -0.25) is 0 Å². The van der Waals surface area contributed by atoms with Crippen LogP contribution < -0.4 is 0 Å². The second-order valence-corrected chi connectivity index (χ2v) is 4.61. The van der Waals surface area contributed by atoms with Gasteiger partial charge in [0.25, 0.3) is 0 Å². The van der Waals surface area contributed by atoms with E-state index in [9.17, 15) is 5.11 Å². The van der Waals surface area contributed by atoms with E-state index in [1.165, 1.54) is 0 Å². The van der Waals surface area contributed by atoms with Crippen LogP contribution in [0.25, 0.3) is 11.4 Å². The molecule has 17 heavy (non-hydrogen) atoms. The summed E-state index contributed by atoms with van der Waals surface area (Å²) in [6.45, 7) is 0.521. The number of benzene rings is 1. The molecule has 0 saturated heterocycles. The van der Waals surface area contributed by atoms with E-state index >= 15 is 0 Å². The van der Waals surface area contributed by atoms with Gasteiger partial charge in [-0.1, -0.05) is 23.7 Å². The van der Waals surface area contributed by atoms with Crippen molar-refractivity contribution in [1.82, 2.24) is 14.8 Å². The monoisotopic (exact) mass is 249 g/mol. The maximum atomic E-state index is 9.58. The third-order valence-corrected chi connectivity index (χ3v) is 3.28. The number of hydrogen-bond donors (Lipinski definition) is 1. The van der Waals surface area contributed by atoms with Crippen LogP contribution in [-0.2, 0) is 13.0 Å². The molecule has 1 atom stereocenters. The first-order chi connectivity index (χ1) is 8.24. The Balaban J connectivity index is 2.03. The summed E-state index contributed by atoms with van der Waals surface area (Å²) in [7, 11) is 0. The highest BCUT2D eigenvalue weighted by Gasteiger charge is 2.20. The lowest BCUT2D eigenvalue weighted by molar-refractivity contribution is 0.124. The van der Waals surface area contributed by atoms with Crippen molar-refractivity contribution in [3.63, 3.8) is 0 Å². The molecule has 1 aromatic heterocycles. The SMILES string of the molecule is OC1CCc2nc(-c3ccccc3Cl)nn2C1. The second kappa shape index (κ2) is 4.13. The summed E-state index contributed by atoms with van der Waals surface area (Å²) in [5.41, 5.74) is 0.838. The Labute approximate surface area is 104 Å². The Bertz CT molecular complexity index is 552. The van der Waals surface area contributed by atoms with Gasteiger partial charge in [0.15, 0.2) is 5.82 Å². The van der Waals surface area contributed by atoms with Gasteiger partial charge in [0, 0.05) is 12.0 Å². The molecular formula is C12H12ClN3O. The number of halogens is 1. The molecule has 88 valence electrons. The van der Waals surface area contributed by atoms with Gasteiger partial charge in [-0.05, 0) is 18.6 Å². The fourth-order valence-corrected chi connectivity index (χ4v) is 2.27. The predicted octanol–water partition coefficient (Wildman–Crippen LogP) is 1.91. The van der Waals surface area contributed by atoms with E-state index in [-0.39, 0.29) is 6.10 Å². The zero-order chi connectivity index (χ0) is 11.8. The summed E-state index contributed by atoms with van der Waals surface area (Å²) in [4.78, 5) is 4.47. The first kappa shape index (κ1) is 10.7. The van der Waals surface area contributed by atoms with Crippen LogP contribution in [0.3, 0.4) is 0 Å². The average molecular weight is 250 g/mol. The van der Waals surface area contributed by atoms with E-state index in [0.717, 1.165) is 24.2 Å². The zero-order valence-corrected chi connectivity index (χ0v) is 9.93. The number of aliphatic hydroxyl groups excluding tert-OH is 1. The Morgan fingerprint density at radius 2 is 2.18 bits per heavy atom. The van der Waals surface area contributed by atoms with E-state index in [1.807, 2.05) is 24.3 Å². The van der Waals surface area contributed by atoms with Crippen molar-refractivity contribution in [2.24, 2.45) is 0 Å². The molecule has 1 unspecified atom stereocenters. The van der Waals surface area contributed by atoms with Crippen molar-refractivity contribution in [3.05, 3.63) is 35.1 Å². The molecule has 0 amide bonds. The molecule has 1 aliphatic heterocycles. The quantitative estimate of drug-likeness (QED) is 0.840. The van der Waals surface area contributed by atoms with Crippen LogP contribution in [0.2, 0.25) is 5.02 Å². The molecule has 0 radical (unpaired) electrons. The Morgan fingerprint density at radius 1 is 1.35 bits per heavy atom. The van der Waals surface area contributed by atoms with E-state index in [4.69, 9.17) is 11.6 Å². The van der Waals surface area contributed by atoms with E-state index < -0.39 is 0 Å². The number of rotatable bonds is 1. The van der Waals surface area contributed by atoms with Crippen molar-refractivity contribution in [1.29, 1.82) is 0 Å². The smallest absolute Gasteiger partial charge is 0.182 e. The molecule has 1 aliphatic rings. The third kappa shape index (κ3) is 1.94. The minimum Gasteiger partial charge on any atom is -0.391 e. The van der Waals surface area contributed by atoms with Crippen LogP contribution in [0.4, 0.5) is 0 Å². The highest BCUT2D eigenvalue weighted by Crippen LogP contribution is 2.26. The maximum Gasteiger partial charge on any atom is 0.182 e. The molecule has 2 heterocycles. The first-order valence-electron chi connectivity index (χ1n) is 5.61. The van der Waals surface area contributed by atoms with Gasteiger partial charge in [0.05, 0.1) is 17.7 Å². The average Bonchev–Trinajstić information content (AvgIpc) is 2.72. The lowest BCUT2D eigenvalue weighted by atomic mass is 10.1. The summed E-state index contributed by atoms with van der Waals surface area (Å²) in [6, 6.07) is 7.52. The molecule has 0 bridgehead atoms. The van der Waals surface area contributed by atoms with E-state index in [1.54, 1.807) is 4.68 Å². The molecule has 0 saturated carbocycles. The molecule has 2 aromatic rings. The van der Waals surface area contributed by atoms with Gasteiger partial charge in [0.2, 0.25) is 0 Å². The van der Waals surface area contributed by atoms with Gasteiger partial charge in [-0.2, -0.15) is 5.10 Å². The lowest BCUT2D eigenvalue weighted by Gasteiger charge is -2.16. The van der Waals surface area contributed by atoms with Crippen LogP contribution in [0.1, 0.15) is 12.2 Å². The van der Waals surface area contributed by atoms with Crippen LogP contribution in [0.15, 0.2) is 24.3 Å². The third-order valence-electron chi connectivity index (χ3n) is 2.95. The summed E-state index contributed by atoms with van der Waals surface area (Å²) in [6.07, 6.45) is 1.20. The molecule has 4 nitrogen and oxygen atoms in total. The van der Waals surface area contributed by atoms with Gasteiger partial charge in [0.1, 0.15) is 5.82 Å². The van der Waals surface area contributed by atoms with E-state index in [2.05, 4.69) is 10.1 Å². The number of hydrogen-bond acceptors (Lipinski definition) is 3. The maximum absolute atomic E-state index is 9.58. The van der Waals surface area contributed by atoms with Gasteiger partial charge in [-0.15, -0.1) is 0 Å². The molecule has 5 heteroatoms. The van der Waals surface area contributed by atoms with Crippen molar-refractivity contribution in [2.75, 3.05) is 0 Å². The number of aliphatic hydroxyl groups is 1. The molecule has 3 rings (SSSR count). The standard InChI is InChI=1S/C12H12ClN3O/c13-10-4-2-1-3-9(10)12-14-11-6-5-8(17)7-16(11)15-12/h1-4,8,17H,5-7H2. The predicted molar refractivity (Wildman–Crippen MR) is 64.8 cm³/mol. The Morgan fingerprint density at radius 3 is 3.00 bits per heavy atom. The fraction of sp³-hybridized carbons (Fsp3) is 0.333. The van der Waals surface area contributed by atoms with Crippen molar-refractivity contribution in [3.8, 4) is 11.4 Å². The fourth-order valence-electron chi connectivity index (χ4n) is 2.05. The number of fused-ring (bicyclic) bond motifs is 1. The highest BCUT2D eigenvalue weighted by atomic mass is 35.5. The topological polar surface area (TPSA) is 50.9 Å². The van der Waals surface area contributed by atoms with Crippen molar-refractivity contribution < 1.29 is 5.11 Å². The Kier molecular flexibility index (Phi) is 2.61. The lowest BCUT2D eigenvalue weighted by Crippen LogP contribution is -2.25. The summed E-state index contributed by atoms with van der Waals surface area (Å²) in [5.74, 6) is 1.56. The van der Waals surface area contributed by atoms with E-state index in [0.29, 0.717) is 17.4 Å². The van der Waals surface area contributed by atoms with Gasteiger partial charge in [-0.25, -0.2) is 9.67 Å². The molecule has 0 aliphatic carbocycles. The van der Waals surface area contributed by atoms with Gasteiger partial charge < -0.3 is 5.11 Å². The molecule has 1 N–H and O–H groups in total. The Hall–Kier alpha value is -1.39. The molecule has 1 aromatic carbocycles. The summed E-state index contributed by atoms with van der Waals surface area (Å²) in [5, 5.41) is 14.6. The first-order valence-corrected chi connectivity index (χ1v) is 5.98.